The van der Waals surface area contributed by atoms with E-state index in [1.807, 2.05) is 0 Å². The quantitative estimate of drug-likeness (QED) is 0.906. The van der Waals surface area contributed by atoms with Gasteiger partial charge in [-0.3, -0.25) is 0 Å². The van der Waals surface area contributed by atoms with Crippen LogP contribution in [0.15, 0.2) is 4.52 Å². The fourth-order valence-electron chi connectivity index (χ4n) is 3.16. The van der Waals surface area contributed by atoms with E-state index in [0.29, 0.717) is 12.0 Å². The predicted molar refractivity (Wildman–Crippen MR) is 70.9 cm³/mol. The largest absolute Gasteiger partial charge is 0.370 e. The van der Waals surface area contributed by atoms with E-state index < -0.39 is 0 Å². The van der Waals surface area contributed by atoms with Gasteiger partial charge >= 0.3 is 0 Å². The molecule has 1 aliphatic heterocycles. The maximum atomic E-state index is 5.59. The number of nitrogens with one attached hydrogen (secondary N) is 1. The number of nitrogens with zero attached hydrogens (tertiary/aromatic N) is 2. The maximum Gasteiger partial charge on any atom is 0.229 e. The van der Waals surface area contributed by atoms with Gasteiger partial charge in [0.25, 0.3) is 0 Å². The van der Waals surface area contributed by atoms with Crippen LogP contribution in [0.3, 0.4) is 0 Å². The summed E-state index contributed by atoms with van der Waals surface area (Å²) in [6, 6.07) is 0.668. The third kappa shape index (κ3) is 2.98. The Kier molecular flexibility index (Phi) is 4.13. The highest BCUT2D eigenvalue weighted by Gasteiger charge is 2.28. The van der Waals surface area contributed by atoms with Crippen molar-refractivity contribution in [1.29, 1.82) is 0 Å². The summed E-state index contributed by atoms with van der Waals surface area (Å²) < 4.78 is 11.0. The van der Waals surface area contributed by atoms with Crippen LogP contribution in [-0.4, -0.2) is 29.3 Å². The Morgan fingerprint density at radius 2 is 2.05 bits per heavy atom. The molecule has 19 heavy (non-hydrogen) atoms. The molecular weight excluding hydrogens is 242 g/mol. The molecule has 106 valence electrons. The molecular formula is C14H23N3O2. The van der Waals surface area contributed by atoms with Gasteiger partial charge in [0.2, 0.25) is 11.7 Å². The summed E-state index contributed by atoms with van der Waals surface area (Å²) in [6.07, 6.45) is 6.88. The first-order valence-electron chi connectivity index (χ1n) is 7.55. The number of hydrogen-bond acceptors (Lipinski definition) is 5. The SMILES string of the molecule is CCNC1CCC(c2nc(C3CCCO3)no2)CC1. The van der Waals surface area contributed by atoms with Gasteiger partial charge in [-0.1, -0.05) is 12.1 Å². The average molecular weight is 265 g/mol. The molecule has 0 spiro atoms. The Bertz CT molecular complexity index is 393. The van der Waals surface area contributed by atoms with Gasteiger partial charge in [0, 0.05) is 18.6 Å². The van der Waals surface area contributed by atoms with E-state index in [1.165, 1.54) is 12.8 Å². The molecule has 5 nitrogen and oxygen atoms in total. The van der Waals surface area contributed by atoms with Gasteiger partial charge in [0.05, 0.1) is 0 Å². The molecule has 1 aromatic rings. The highest BCUT2D eigenvalue weighted by molar-refractivity contribution is 4.99. The Hall–Kier alpha value is -0.940. The van der Waals surface area contributed by atoms with Crippen molar-refractivity contribution in [1.82, 2.24) is 15.5 Å². The van der Waals surface area contributed by atoms with Crippen molar-refractivity contribution in [2.75, 3.05) is 13.2 Å². The van der Waals surface area contributed by atoms with Crippen LogP contribution in [0.4, 0.5) is 0 Å². The third-order valence-electron chi connectivity index (χ3n) is 4.24. The van der Waals surface area contributed by atoms with Gasteiger partial charge in [-0.05, 0) is 45.1 Å². The number of rotatable bonds is 4. The molecule has 0 amide bonds. The molecule has 2 fully saturated rings. The second-order valence-corrected chi connectivity index (χ2v) is 5.60. The standard InChI is InChI=1S/C14H23N3O2/c1-2-15-11-7-5-10(6-8-11)14-16-13(17-19-14)12-4-3-9-18-12/h10-12,15H,2-9H2,1H3. The number of aromatic nitrogens is 2. The van der Waals surface area contributed by atoms with Crippen molar-refractivity contribution < 1.29 is 9.26 Å². The monoisotopic (exact) mass is 265 g/mol. The highest BCUT2D eigenvalue weighted by Crippen LogP contribution is 2.33. The minimum atomic E-state index is 0.0654. The van der Waals surface area contributed by atoms with Crippen LogP contribution in [-0.2, 0) is 4.74 Å². The van der Waals surface area contributed by atoms with Crippen LogP contribution >= 0.6 is 0 Å². The van der Waals surface area contributed by atoms with Crippen LogP contribution in [0.25, 0.3) is 0 Å². The minimum absolute atomic E-state index is 0.0654. The van der Waals surface area contributed by atoms with Crippen LogP contribution in [0.1, 0.15) is 69.2 Å². The summed E-state index contributed by atoms with van der Waals surface area (Å²) in [4.78, 5) is 4.56. The lowest BCUT2D eigenvalue weighted by atomic mass is 9.86. The molecule has 1 aromatic heterocycles. The van der Waals surface area contributed by atoms with Crippen molar-refractivity contribution in [3.8, 4) is 0 Å². The Balaban J connectivity index is 1.58. The summed E-state index contributed by atoms with van der Waals surface area (Å²) in [7, 11) is 0. The van der Waals surface area contributed by atoms with Gasteiger partial charge in [-0.2, -0.15) is 4.98 Å². The van der Waals surface area contributed by atoms with E-state index in [-0.39, 0.29) is 6.10 Å². The van der Waals surface area contributed by atoms with E-state index in [2.05, 4.69) is 22.4 Å². The summed E-state index contributed by atoms with van der Waals surface area (Å²) in [5, 5.41) is 7.62. The summed E-state index contributed by atoms with van der Waals surface area (Å²) in [6.45, 7) is 4.04. The third-order valence-corrected chi connectivity index (χ3v) is 4.24. The lowest BCUT2D eigenvalue weighted by Crippen LogP contribution is -2.32. The molecule has 2 aliphatic rings. The van der Waals surface area contributed by atoms with Crippen LogP contribution in [0.5, 0.6) is 0 Å². The Labute approximate surface area is 114 Å². The maximum absolute atomic E-state index is 5.59. The second kappa shape index (κ2) is 6.01. The molecule has 1 saturated carbocycles. The van der Waals surface area contributed by atoms with E-state index >= 15 is 0 Å². The van der Waals surface area contributed by atoms with E-state index in [1.54, 1.807) is 0 Å². The van der Waals surface area contributed by atoms with E-state index in [0.717, 1.165) is 50.6 Å². The predicted octanol–water partition coefficient (Wildman–Crippen LogP) is 2.56. The van der Waals surface area contributed by atoms with Crippen LogP contribution in [0.2, 0.25) is 0 Å². The normalized spacial score (nSPS) is 31.7. The molecule has 2 heterocycles. The van der Waals surface area contributed by atoms with Crippen molar-refractivity contribution in [2.24, 2.45) is 0 Å². The lowest BCUT2D eigenvalue weighted by molar-refractivity contribution is 0.103. The molecule has 0 aromatic carbocycles. The fourth-order valence-corrected chi connectivity index (χ4v) is 3.16. The van der Waals surface area contributed by atoms with Gasteiger partial charge in [0.1, 0.15) is 6.10 Å². The molecule has 0 radical (unpaired) electrons. The Morgan fingerprint density at radius 3 is 2.74 bits per heavy atom. The Morgan fingerprint density at radius 1 is 1.21 bits per heavy atom. The molecule has 1 unspecified atom stereocenters. The molecule has 1 saturated heterocycles. The molecule has 1 N–H and O–H groups in total. The van der Waals surface area contributed by atoms with Gasteiger partial charge in [-0.25, -0.2) is 0 Å². The highest BCUT2D eigenvalue weighted by atomic mass is 16.5. The van der Waals surface area contributed by atoms with Gasteiger partial charge < -0.3 is 14.6 Å². The zero-order valence-corrected chi connectivity index (χ0v) is 11.6. The first-order chi connectivity index (χ1) is 9.36. The number of ether oxygens (including phenoxy) is 1. The van der Waals surface area contributed by atoms with Gasteiger partial charge in [0.15, 0.2) is 0 Å². The number of hydrogen-bond donors (Lipinski definition) is 1. The van der Waals surface area contributed by atoms with Gasteiger partial charge in [-0.15, -0.1) is 0 Å². The summed E-state index contributed by atoms with van der Waals surface area (Å²) >= 11 is 0. The zero-order chi connectivity index (χ0) is 13.1. The van der Waals surface area contributed by atoms with E-state index in [9.17, 15) is 0 Å². The van der Waals surface area contributed by atoms with Crippen molar-refractivity contribution in [3.63, 3.8) is 0 Å². The average Bonchev–Trinajstić information content (AvgIpc) is 3.11. The topological polar surface area (TPSA) is 60.2 Å². The van der Waals surface area contributed by atoms with Crippen molar-refractivity contribution in [2.45, 2.75) is 63.5 Å². The van der Waals surface area contributed by atoms with E-state index in [4.69, 9.17) is 9.26 Å². The van der Waals surface area contributed by atoms with Crippen molar-refractivity contribution in [3.05, 3.63) is 11.7 Å². The van der Waals surface area contributed by atoms with Crippen LogP contribution in [0, 0.1) is 0 Å². The lowest BCUT2D eigenvalue weighted by Gasteiger charge is -2.26. The summed E-state index contributed by atoms with van der Waals surface area (Å²) in [5.41, 5.74) is 0. The molecule has 5 heteroatoms. The first kappa shape index (κ1) is 13.1. The van der Waals surface area contributed by atoms with Crippen molar-refractivity contribution >= 4 is 0 Å². The molecule has 1 atom stereocenters. The second-order valence-electron chi connectivity index (χ2n) is 5.60. The molecule has 0 bridgehead atoms. The summed E-state index contributed by atoms with van der Waals surface area (Å²) in [5.74, 6) is 2.01. The molecule has 3 rings (SSSR count). The molecule has 1 aliphatic carbocycles. The minimum Gasteiger partial charge on any atom is -0.370 e. The zero-order valence-electron chi connectivity index (χ0n) is 11.6. The van der Waals surface area contributed by atoms with Crippen LogP contribution < -0.4 is 5.32 Å². The first-order valence-corrected chi connectivity index (χ1v) is 7.55. The fraction of sp³-hybridized carbons (Fsp3) is 0.857. The smallest absolute Gasteiger partial charge is 0.229 e.